The molecule has 1 atom stereocenters. The van der Waals surface area contributed by atoms with Crippen LogP contribution in [0.2, 0.25) is 0 Å². The van der Waals surface area contributed by atoms with Crippen molar-refractivity contribution >= 4 is 5.91 Å². The highest BCUT2D eigenvalue weighted by Gasteiger charge is 2.49. The second-order valence-electron chi connectivity index (χ2n) is 9.33. The fourth-order valence-electron chi connectivity index (χ4n) is 5.76. The summed E-state index contributed by atoms with van der Waals surface area (Å²) in [5, 5.41) is 10.2. The molecule has 0 unspecified atom stereocenters. The summed E-state index contributed by atoms with van der Waals surface area (Å²) >= 11 is 0. The molecule has 0 radical (unpaired) electrons. The number of amides is 1. The topological polar surface area (TPSA) is 53.0 Å². The lowest BCUT2D eigenvalue weighted by atomic mass is 9.74. The average molecular weight is 365 g/mol. The molecular weight excluding hydrogens is 328 g/mol. The zero-order valence-electron chi connectivity index (χ0n) is 16.3. The van der Waals surface area contributed by atoms with E-state index in [1.807, 2.05) is 0 Å². The fourth-order valence-corrected chi connectivity index (χ4v) is 5.76. The predicted octanol–water partition coefficient (Wildman–Crippen LogP) is 2.42. The number of hydrogen-bond donors (Lipinski definition) is 1. The first-order valence-corrected chi connectivity index (χ1v) is 10.9. The summed E-state index contributed by atoms with van der Waals surface area (Å²) in [5.74, 6) is 1.15. The van der Waals surface area contributed by atoms with Crippen LogP contribution in [0.3, 0.4) is 0 Å². The van der Waals surface area contributed by atoms with Crippen molar-refractivity contribution in [2.75, 3.05) is 46.0 Å². The maximum Gasteiger partial charge on any atom is 0.243 e. The number of likely N-dealkylation sites (tertiary alicyclic amines) is 1. The Balaban J connectivity index is 1.52. The molecular formula is C21H36N2O3. The molecule has 1 N–H and O–H groups in total. The SMILES string of the molecule is O=C(N1CCC[C@@](CO)(CC2CC2)C1)C1(N2CCOCC2)CCCCC1. The molecule has 4 rings (SSSR count). The van der Waals surface area contributed by atoms with Crippen molar-refractivity contribution in [1.29, 1.82) is 0 Å². The van der Waals surface area contributed by atoms with Crippen LogP contribution < -0.4 is 0 Å². The number of aliphatic hydroxyl groups is 1. The molecule has 4 aliphatic rings. The Labute approximate surface area is 158 Å². The van der Waals surface area contributed by atoms with Crippen LogP contribution in [0, 0.1) is 11.3 Å². The minimum atomic E-state index is -0.305. The molecule has 0 bridgehead atoms. The number of aliphatic hydroxyl groups excluding tert-OH is 1. The van der Waals surface area contributed by atoms with E-state index in [0.717, 1.165) is 90.3 Å². The largest absolute Gasteiger partial charge is 0.396 e. The van der Waals surface area contributed by atoms with Gasteiger partial charge in [0, 0.05) is 31.6 Å². The predicted molar refractivity (Wildman–Crippen MR) is 101 cm³/mol. The van der Waals surface area contributed by atoms with Crippen LogP contribution in [-0.4, -0.2) is 72.4 Å². The maximum absolute atomic E-state index is 13.8. The smallest absolute Gasteiger partial charge is 0.243 e. The van der Waals surface area contributed by atoms with Gasteiger partial charge in [-0.25, -0.2) is 0 Å². The Morgan fingerprint density at radius 3 is 2.38 bits per heavy atom. The van der Waals surface area contributed by atoms with E-state index in [0.29, 0.717) is 5.91 Å². The number of rotatable bonds is 5. The Bertz CT molecular complexity index is 495. The first-order valence-electron chi connectivity index (χ1n) is 10.9. The molecule has 0 aromatic heterocycles. The van der Waals surface area contributed by atoms with Gasteiger partial charge in [-0.1, -0.05) is 32.1 Å². The van der Waals surface area contributed by atoms with Crippen LogP contribution in [0.5, 0.6) is 0 Å². The Morgan fingerprint density at radius 1 is 1.00 bits per heavy atom. The third-order valence-corrected chi connectivity index (χ3v) is 7.40. The van der Waals surface area contributed by atoms with Crippen molar-refractivity contribution in [2.45, 2.75) is 69.7 Å². The summed E-state index contributed by atoms with van der Waals surface area (Å²) in [5.41, 5.74) is -0.351. The third kappa shape index (κ3) is 3.67. The number of ether oxygens (including phenoxy) is 1. The van der Waals surface area contributed by atoms with Gasteiger partial charge in [0.2, 0.25) is 5.91 Å². The van der Waals surface area contributed by atoms with Crippen LogP contribution in [-0.2, 0) is 9.53 Å². The van der Waals surface area contributed by atoms with Gasteiger partial charge < -0.3 is 14.7 Å². The number of piperidine rings is 1. The van der Waals surface area contributed by atoms with Crippen molar-refractivity contribution in [3.05, 3.63) is 0 Å². The summed E-state index contributed by atoms with van der Waals surface area (Å²) in [6, 6.07) is 0. The number of carbonyl (C=O) groups excluding carboxylic acids is 1. The first-order chi connectivity index (χ1) is 12.7. The van der Waals surface area contributed by atoms with E-state index in [4.69, 9.17) is 4.74 Å². The van der Waals surface area contributed by atoms with Gasteiger partial charge in [0.1, 0.15) is 5.54 Å². The minimum Gasteiger partial charge on any atom is -0.396 e. The van der Waals surface area contributed by atoms with Crippen LogP contribution in [0.4, 0.5) is 0 Å². The van der Waals surface area contributed by atoms with Crippen molar-refractivity contribution in [1.82, 2.24) is 9.80 Å². The van der Waals surface area contributed by atoms with Crippen molar-refractivity contribution in [3.8, 4) is 0 Å². The van der Waals surface area contributed by atoms with E-state index >= 15 is 0 Å². The van der Waals surface area contributed by atoms with Gasteiger partial charge in [0.05, 0.1) is 19.8 Å². The van der Waals surface area contributed by atoms with Crippen molar-refractivity contribution in [2.24, 2.45) is 11.3 Å². The lowest BCUT2D eigenvalue weighted by Crippen LogP contribution is -2.64. The van der Waals surface area contributed by atoms with Gasteiger partial charge in [-0.2, -0.15) is 0 Å². The Hall–Kier alpha value is -0.650. The van der Waals surface area contributed by atoms with Crippen LogP contribution in [0.25, 0.3) is 0 Å². The molecule has 0 aromatic carbocycles. The highest BCUT2D eigenvalue weighted by atomic mass is 16.5. The molecule has 5 nitrogen and oxygen atoms in total. The molecule has 0 spiro atoms. The molecule has 26 heavy (non-hydrogen) atoms. The second kappa shape index (κ2) is 7.76. The first kappa shape index (κ1) is 18.7. The van der Waals surface area contributed by atoms with Crippen LogP contribution in [0.15, 0.2) is 0 Å². The van der Waals surface area contributed by atoms with E-state index in [-0.39, 0.29) is 17.6 Å². The number of nitrogens with zero attached hydrogens (tertiary/aromatic N) is 2. The summed E-state index contributed by atoms with van der Waals surface area (Å²) in [7, 11) is 0. The molecule has 2 aliphatic heterocycles. The average Bonchev–Trinajstić information content (AvgIpc) is 3.52. The van der Waals surface area contributed by atoms with Gasteiger partial charge in [-0.15, -0.1) is 0 Å². The molecule has 5 heteroatoms. The normalized spacial score (nSPS) is 33.2. The minimum absolute atomic E-state index is 0.0457. The molecule has 0 aromatic rings. The molecule has 4 fully saturated rings. The van der Waals surface area contributed by atoms with Crippen molar-refractivity contribution in [3.63, 3.8) is 0 Å². The van der Waals surface area contributed by atoms with E-state index in [9.17, 15) is 9.90 Å². The summed E-state index contributed by atoms with van der Waals surface area (Å²) < 4.78 is 5.56. The zero-order valence-corrected chi connectivity index (χ0v) is 16.3. The van der Waals surface area contributed by atoms with Gasteiger partial charge >= 0.3 is 0 Å². The highest BCUT2D eigenvalue weighted by molar-refractivity contribution is 5.86. The molecule has 2 saturated carbocycles. The highest BCUT2D eigenvalue weighted by Crippen LogP contribution is 2.45. The lowest BCUT2D eigenvalue weighted by Gasteiger charge is -2.51. The Morgan fingerprint density at radius 2 is 1.73 bits per heavy atom. The lowest BCUT2D eigenvalue weighted by molar-refractivity contribution is -0.155. The van der Waals surface area contributed by atoms with Gasteiger partial charge in [0.15, 0.2) is 0 Å². The van der Waals surface area contributed by atoms with E-state index in [1.54, 1.807) is 0 Å². The zero-order chi connectivity index (χ0) is 18.0. The van der Waals surface area contributed by atoms with E-state index < -0.39 is 0 Å². The van der Waals surface area contributed by atoms with E-state index in [2.05, 4.69) is 9.80 Å². The monoisotopic (exact) mass is 364 g/mol. The quantitative estimate of drug-likeness (QED) is 0.814. The van der Waals surface area contributed by atoms with Crippen molar-refractivity contribution < 1.29 is 14.6 Å². The summed E-state index contributed by atoms with van der Waals surface area (Å²) in [6.07, 6.45) is 11.4. The maximum atomic E-state index is 13.8. The molecule has 2 aliphatic carbocycles. The number of carbonyl (C=O) groups is 1. The molecule has 1 amide bonds. The number of morpholine rings is 1. The molecule has 2 heterocycles. The standard InChI is InChI=1S/C21H36N2O3/c24-17-20(15-18-5-6-18)7-4-10-22(16-20)19(25)21(8-2-1-3-9-21)23-11-13-26-14-12-23/h18,24H,1-17H2/t20-/m1/s1. The fraction of sp³-hybridized carbons (Fsp3) is 0.952. The summed E-state index contributed by atoms with van der Waals surface area (Å²) in [4.78, 5) is 18.4. The van der Waals surface area contributed by atoms with Crippen LogP contribution >= 0.6 is 0 Å². The van der Waals surface area contributed by atoms with E-state index in [1.165, 1.54) is 19.3 Å². The third-order valence-electron chi connectivity index (χ3n) is 7.40. The summed E-state index contributed by atoms with van der Waals surface area (Å²) in [6.45, 7) is 5.13. The second-order valence-corrected chi connectivity index (χ2v) is 9.33. The molecule has 148 valence electrons. The van der Waals surface area contributed by atoms with Crippen LogP contribution in [0.1, 0.15) is 64.2 Å². The number of hydrogen-bond acceptors (Lipinski definition) is 4. The molecule has 2 saturated heterocycles. The van der Waals surface area contributed by atoms with Gasteiger partial charge in [-0.05, 0) is 38.0 Å². The Kier molecular flexibility index (Phi) is 5.58. The van der Waals surface area contributed by atoms with Gasteiger partial charge in [0.25, 0.3) is 0 Å². The van der Waals surface area contributed by atoms with Gasteiger partial charge in [-0.3, -0.25) is 9.69 Å².